The number of rotatable bonds is 9. The summed E-state index contributed by atoms with van der Waals surface area (Å²) >= 11 is 6.05. The van der Waals surface area contributed by atoms with E-state index in [4.69, 9.17) is 11.6 Å². The molecule has 0 fully saturated rings. The van der Waals surface area contributed by atoms with Crippen molar-refractivity contribution in [1.29, 1.82) is 0 Å². The standard InChI is InChI=1S/C14H26ClN3/c1-4-9-13-16-17-14(15)18(13)11-8-6-5-7-10-12(2)3/h12H,4-11H2,1-3H3. The largest absolute Gasteiger partial charge is 0.302 e. The lowest BCUT2D eigenvalue weighted by atomic mass is 10.0. The molecule has 0 aromatic carbocycles. The molecule has 0 bridgehead atoms. The van der Waals surface area contributed by atoms with Crippen LogP contribution in [0.4, 0.5) is 0 Å². The number of aryl methyl sites for hydroxylation is 1. The van der Waals surface area contributed by atoms with Gasteiger partial charge in [-0.05, 0) is 30.4 Å². The predicted octanol–water partition coefficient (Wildman–Crippen LogP) is 4.49. The van der Waals surface area contributed by atoms with Crippen LogP contribution in [-0.4, -0.2) is 14.8 Å². The van der Waals surface area contributed by atoms with Crippen molar-refractivity contribution in [2.45, 2.75) is 72.3 Å². The van der Waals surface area contributed by atoms with Crippen LogP contribution in [-0.2, 0) is 13.0 Å². The number of aromatic nitrogens is 3. The Labute approximate surface area is 116 Å². The lowest BCUT2D eigenvalue weighted by molar-refractivity contribution is 0.501. The summed E-state index contributed by atoms with van der Waals surface area (Å²) in [5.74, 6) is 1.86. The minimum atomic E-state index is 0.542. The Kier molecular flexibility index (Phi) is 7.33. The van der Waals surface area contributed by atoms with E-state index in [0.717, 1.165) is 31.1 Å². The van der Waals surface area contributed by atoms with Gasteiger partial charge >= 0.3 is 0 Å². The molecule has 1 rings (SSSR count). The Morgan fingerprint density at radius 1 is 1.11 bits per heavy atom. The van der Waals surface area contributed by atoms with Crippen LogP contribution in [0.3, 0.4) is 0 Å². The van der Waals surface area contributed by atoms with Gasteiger partial charge in [-0.2, -0.15) is 0 Å². The molecule has 0 aliphatic heterocycles. The molecule has 1 aromatic heterocycles. The van der Waals surface area contributed by atoms with Gasteiger partial charge in [-0.1, -0.05) is 46.5 Å². The van der Waals surface area contributed by atoms with Crippen LogP contribution in [0.15, 0.2) is 0 Å². The maximum Gasteiger partial charge on any atom is 0.225 e. The Bertz CT molecular complexity index is 334. The van der Waals surface area contributed by atoms with Gasteiger partial charge in [0, 0.05) is 13.0 Å². The van der Waals surface area contributed by atoms with Crippen molar-refractivity contribution >= 4 is 11.6 Å². The fourth-order valence-electron chi connectivity index (χ4n) is 2.12. The molecular formula is C14H26ClN3. The molecule has 1 aromatic rings. The fraction of sp³-hybridized carbons (Fsp3) is 0.857. The molecule has 0 amide bonds. The minimum Gasteiger partial charge on any atom is -0.302 e. The summed E-state index contributed by atoms with van der Waals surface area (Å²) in [6, 6.07) is 0. The highest BCUT2D eigenvalue weighted by Gasteiger charge is 2.08. The highest BCUT2D eigenvalue weighted by atomic mass is 35.5. The van der Waals surface area contributed by atoms with Crippen LogP contribution in [0.1, 0.15) is 65.1 Å². The average Bonchev–Trinajstić information content (AvgIpc) is 2.66. The summed E-state index contributed by atoms with van der Waals surface area (Å²) in [5, 5.41) is 8.62. The van der Waals surface area contributed by atoms with E-state index in [1.165, 1.54) is 32.1 Å². The van der Waals surface area contributed by atoms with Crippen molar-refractivity contribution in [1.82, 2.24) is 14.8 Å². The molecule has 0 radical (unpaired) electrons. The summed E-state index contributed by atoms with van der Waals surface area (Å²) < 4.78 is 2.06. The van der Waals surface area contributed by atoms with Gasteiger partial charge < -0.3 is 4.57 Å². The predicted molar refractivity (Wildman–Crippen MR) is 77.0 cm³/mol. The molecule has 0 saturated heterocycles. The summed E-state index contributed by atoms with van der Waals surface area (Å²) in [4.78, 5) is 0. The Morgan fingerprint density at radius 2 is 1.83 bits per heavy atom. The van der Waals surface area contributed by atoms with E-state index in [0.29, 0.717) is 5.28 Å². The summed E-state index contributed by atoms with van der Waals surface area (Å²) in [6.45, 7) is 7.68. The molecule has 18 heavy (non-hydrogen) atoms. The molecule has 0 N–H and O–H groups in total. The van der Waals surface area contributed by atoms with Gasteiger partial charge in [0.2, 0.25) is 5.28 Å². The summed E-state index contributed by atoms with van der Waals surface area (Å²) in [7, 11) is 0. The zero-order valence-corrected chi connectivity index (χ0v) is 12.7. The minimum absolute atomic E-state index is 0.542. The maximum absolute atomic E-state index is 6.05. The van der Waals surface area contributed by atoms with E-state index in [9.17, 15) is 0 Å². The van der Waals surface area contributed by atoms with E-state index in [1.54, 1.807) is 0 Å². The second-order valence-electron chi connectivity index (χ2n) is 5.38. The van der Waals surface area contributed by atoms with Gasteiger partial charge in [0.1, 0.15) is 5.82 Å². The van der Waals surface area contributed by atoms with Gasteiger partial charge in [0.05, 0.1) is 0 Å². The third kappa shape index (κ3) is 5.38. The zero-order valence-electron chi connectivity index (χ0n) is 12.0. The van der Waals surface area contributed by atoms with Crippen LogP contribution in [0.5, 0.6) is 0 Å². The number of halogens is 1. The highest BCUT2D eigenvalue weighted by Crippen LogP contribution is 2.14. The molecule has 0 saturated carbocycles. The van der Waals surface area contributed by atoms with Crippen molar-refractivity contribution in [2.24, 2.45) is 5.92 Å². The van der Waals surface area contributed by atoms with Crippen LogP contribution < -0.4 is 0 Å². The van der Waals surface area contributed by atoms with Crippen LogP contribution in [0.2, 0.25) is 5.28 Å². The SMILES string of the molecule is CCCc1nnc(Cl)n1CCCCCCC(C)C. The maximum atomic E-state index is 6.05. The molecule has 1 heterocycles. The monoisotopic (exact) mass is 271 g/mol. The molecule has 0 aliphatic carbocycles. The zero-order chi connectivity index (χ0) is 13.4. The third-order valence-corrected chi connectivity index (χ3v) is 3.45. The number of hydrogen-bond donors (Lipinski definition) is 0. The smallest absolute Gasteiger partial charge is 0.225 e. The molecule has 104 valence electrons. The number of unbranched alkanes of at least 4 members (excludes halogenated alkanes) is 3. The first-order valence-electron chi connectivity index (χ1n) is 7.22. The van der Waals surface area contributed by atoms with Crippen molar-refractivity contribution in [3.05, 3.63) is 11.1 Å². The Balaban J connectivity index is 2.24. The molecule has 4 heteroatoms. The van der Waals surface area contributed by atoms with Gasteiger partial charge in [-0.3, -0.25) is 0 Å². The van der Waals surface area contributed by atoms with Crippen molar-refractivity contribution in [3.8, 4) is 0 Å². The van der Waals surface area contributed by atoms with Crippen LogP contribution in [0, 0.1) is 5.92 Å². The molecule has 0 atom stereocenters. The lowest BCUT2D eigenvalue weighted by Gasteiger charge is -2.07. The molecule has 0 unspecified atom stereocenters. The first-order valence-corrected chi connectivity index (χ1v) is 7.60. The van der Waals surface area contributed by atoms with Gasteiger partial charge in [-0.15, -0.1) is 10.2 Å². The summed E-state index contributed by atoms with van der Waals surface area (Å²) in [5.41, 5.74) is 0. The first kappa shape index (κ1) is 15.5. The van der Waals surface area contributed by atoms with E-state index >= 15 is 0 Å². The fourth-order valence-corrected chi connectivity index (χ4v) is 2.34. The quantitative estimate of drug-likeness (QED) is 0.620. The van der Waals surface area contributed by atoms with Crippen molar-refractivity contribution in [3.63, 3.8) is 0 Å². The van der Waals surface area contributed by atoms with Crippen molar-refractivity contribution in [2.75, 3.05) is 0 Å². The Morgan fingerprint density at radius 3 is 2.50 bits per heavy atom. The van der Waals surface area contributed by atoms with Crippen molar-refractivity contribution < 1.29 is 0 Å². The summed E-state index contributed by atoms with van der Waals surface area (Å²) in [6.07, 6.45) is 8.50. The highest BCUT2D eigenvalue weighted by molar-refractivity contribution is 6.28. The second-order valence-corrected chi connectivity index (χ2v) is 5.72. The first-order chi connectivity index (χ1) is 8.65. The topological polar surface area (TPSA) is 30.7 Å². The molecular weight excluding hydrogens is 246 g/mol. The normalized spacial score (nSPS) is 11.4. The number of hydrogen-bond acceptors (Lipinski definition) is 2. The molecule has 0 aliphatic rings. The van der Waals surface area contributed by atoms with Gasteiger partial charge in [0.25, 0.3) is 0 Å². The second kappa shape index (κ2) is 8.52. The van der Waals surface area contributed by atoms with Crippen LogP contribution >= 0.6 is 11.6 Å². The van der Waals surface area contributed by atoms with E-state index in [2.05, 4.69) is 35.5 Å². The lowest BCUT2D eigenvalue weighted by Crippen LogP contribution is -2.04. The molecule has 0 spiro atoms. The number of nitrogens with zero attached hydrogens (tertiary/aromatic N) is 3. The Hall–Kier alpha value is -0.570. The van der Waals surface area contributed by atoms with Gasteiger partial charge in [0.15, 0.2) is 0 Å². The van der Waals surface area contributed by atoms with E-state index in [-0.39, 0.29) is 0 Å². The van der Waals surface area contributed by atoms with E-state index < -0.39 is 0 Å². The van der Waals surface area contributed by atoms with Crippen LogP contribution in [0.25, 0.3) is 0 Å². The van der Waals surface area contributed by atoms with E-state index in [1.807, 2.05) is 0 Å². The average molecular weight is 272 g/mol. The molecule has 3 nitrogen and oxygen atoms in total. The van der Waals surface area contributed by atoms with Gasteiger partial charge in [-0.25, -0.2) is 0 Å². The third-order valence-electron chi connectivity index (χ3n) is 3.17.